The van der Waals surface area contributed by atoms with Gasteiger partial charge in [-0.3, -0.25) is 9.59 Å². The van der Waals surface area contributed by atoms with Crippen LogP contribution >= 0.6 is 0 Å². The molecular formula is C14H9F4N3O3. The van der Waals surface area contributed by atoms with E-state index >= 15 is 0 Å². The predicted octanol–water partition coefficient (Wildman–Crippen LogP) is 1.94. The topological polar surface area (TPSA) is 73.2 Å². The molecule has 0 radical (unpaired) electrons. The number of hydrogen-bond donors (Lipinski definition) is 1. The van der Waals surface area contributed by atoms with Crippen molar-refractivity contribution in [2.24, 2.45) is 7.05 Å². The van der Waals surface area contributed by atoms with Gasteiger partial charge in [-0.1, -0.05) is 0 Å². The molecule has 0 saturated heterocycles. The van der Waals surface area contributed by atoms with E-state index in [1.54, 1.807) is 0 Å². The van der Waals surface area contributed by atoms with Gasteiger partial charge in [0, 0.05) is 18.7 Å². The number of carbonyl (C=O) groups is 1. The second kappa shape index (κ2) is 5.32. The van der Waals surface area contributed by atoms with Crippen molar-refractivity contribution in [2.45, 2.75) is 6.18 Å². The van der Waals surface area contributed by atoms with Gasteiger partial charge in [-0.05, 0) is 6.07 Å². The summed E-state index contributed by atoms with van der Waals surface area (Å²) in [6.07, 6.45) is -4.32. The Balaban J connectivity index is 2.17. The van der Waals surface area contributed by atoms with Crippen LogP contribution in [0.2, 0.25) is 0 Å². The van der Waals surface area contributed by atoms with E-state index in [0.29, 0.717) is 10.8 Å². The molecule has 0 aliphatic carbocycles. The van der Waals surface area contributed by atoms with Crippen molar-refractivity contribution in [2.75, 3.05) is 11.9 Å². The molecule has 2 heterocycles. The standard InChI is InChI=1S/C14H9F4N3O3/c1-21-10(14(16,17)18)4-19-12(13(21)23)6-2-8-9(3-7(6)15)24-5-11(22)20-8/h2-4H,5H2,1H3,(H,20,22). The Morgan fingerprint density at radius 2 is 2.00 bits per heavy atom. The molecule has 0 spiro atoms. The highest BCUT2D eigenvalue weighted by molar-refractivity contribution is 5.96. The van der Waals surface area contributed by atoms with Crippen LogP contribution in [0.5, 0.6) is 5.75 Å². The Hall–Kier alpha value is -2.91. The maximum Gasteiger partial charge on any atom is 0.433 e. The molecule has 1 aliphatic rings. The number of amides is 1. The first-order valence-corrected chi connectivity index (χ1v) is 6.58. The summed E-state index contributed by atoms with van der Waals surface area (Å²) >= 11 is 0. The molecular weight excluding hydrogens is 334 g/mol. The van der Waals surface area contributed by atoms with Crippen LogP contribution in [0.3, 0.4) is 0 Å². The third-order valence-electron chi connectivity index (χ3n) is 3.43. The zero-order valence-corrected chi connectivity index (χ0v) is 12.1. The molecule has 24 heavy (non-hydrogen) atoms. The SMILES string of the molecule is Cn1c(C(F)(F)F)cnc(-c2cc3c(cc2F)OCC(=O)N3)c1=O. The van der Waals surface area contributed by atoms with Gasteiger partial charge < -0.3 is 14.6 Å². The maximum absolute atomic E-state index is 14.2. The number of benzene rings is 1. The third-order valence-corrected chi connectivity index (χ3v) is 3.43. The fourth-order valence-electron chi connectivity index (χ4n) is 2.27. The summed E-state index contributed by atoms with van der Waals surface area (Å²) < 4.78 is 57.9. The minimum Gasteiger partial charge on any atom is -0.481 e. The van der Waals surface area contributed by atoms with Crippen molar-refractivity contribution in [3.8, 4) is 17.0 Å². The Bertz CT molecular complexity index is 905. The number of nitrogens with one attached hydrogen (secondary N) is 1. The van der Waals surface area contributed by atoms with Gasteiger partial charge in [-0.2, -0.15) is 13.2 Å². The van der Waals surface area contributed by atoms with Gasteiger partial charge in [0.2, 0.25) is 0 Å². The number of ether oxygens (including phenoxy) is 1. The summed E-state index contributed by atoms with van der Waals surface area (Å²) in [4.78, 5) is 26.9. The number of halogens is 4. The normalized spacial score (nSPS) is 14.0. The molecule has 10 heteroatoms. The average Bonchev–Trinajstić information content (AvgIpc) is 2.49. The quantitative estimate of drug-likeness (QED) is 0.803. The van der Waals surface area contributed by atoms with E-state index in [4.69, 9.17) is 4.74 Å². The number of hydrogen-bond acceptors (Lipinski definition) is 4. The van der Waals surface area contributed by atoms with Crippen LogP contribution in [0.1, 0.15) is 5.69 Å². The van der Waals surface area contributed by atoms with Gasteiger partial charge in [0.05, 0.1) is 11.9 Å². The van der Waals surface area contributed by atoms with Crippen LogP contribution in [0, 0.1) is 5.82 Å². The van der Waals surface area contributed by atoms with Crippen LogP contribution < -0.4 is 15.6 Å². The molecule has 1 aromatic carbocycles. The summed E-state index contributed by atoms with van der Waals surface area (Å²) in [5, 5.41) is 2.42. The fraction of sp³-hybridized carbons (Fsp3) is 0.214. The third kappa shape index (κ3) is 2.59. The van der Waals surface area contributed by atoms with Crippen molar-refractivity contribution in [1.29, 1.82) is 0 Å². The average molecular weight is 343 g/mol. The van der Waals surface area contributed by atoms with Crippen molar-refractivity contribution >= 4 is 11.6 Å². The Kier molecular flexibility index (Phi) is 3.54. The van der Waals surface area contributed by atoms with E-state index in [1.807, 2.05) is 0 Å². The molecule has 0 bridgehead atoms. The maximum atomic E-state index is 14.2. The van der Waals surface area contributed by atoms with Crippen molar-refractivity contribution in [3.05, 3.63) is 40.2 Å². The lowest BCUT2D eigenvalue weighted by Gasteiger charge is -2.19. The molecule has 1 amide bonds. The van der Waals surface area contributed by atoms with Crippen LogP contribution in [0.25, 0.3) is 11.3 Å². The predicted molar refractivity (Wildman–Crippen MR) is 74.0 cm³/mol. The molecule has 2 aromatic rings. The molecule has 3 rings (SSSR count). The van der Waals surface area contributed by atoms with Gasteiger partial charge in [0.25, 0.3) is 11.5 Å². The zero-order valence-electron chi connectivity index (χ0n) is 12.1. The number of fused-ring (bicyclic) bond motifs is 1. The molecule has 1 aromatic heterocycles. The van der Waals surface area contributed by atoms with Crippen LogP contribution in [0.15, 0.2) is 23.1 Å². The fourth-order valence-corrected chi connectivity index (χ4v) is 2.27. The second-order valence-corrected chi connectivity index (χ2v) is 5.02. The smallest absolute Gasteiger partial charge is 0.433 e. The van der Waals surface area contributed by atoms with Gasteiger partial charge in [0.1, 0.15) is 23.0 Å². The van der Waals surface area contributed by atoms with E-state index in [2.05, 4.69) is 10.3 Å². The Morgan fingerprint density at radius 1 is 1.29 bits per heavy atom. The van der Waals surface area contributed by atoms with E-state index in [1.165, 1.54) is 0 Å². The van der Waals surface area contributed by atoms with Gasteiger partial charge in [-0.25, -0.2) is 9.37 Å². The zero-order chi connectivity index (χ0) is 17.6. The van der Waals surface area contributed by atoms with Crippen molar-refractivity contribution in [1.82, 2.24) is 9.55 Å². The summed E-state index contributed by atoms with van der Waals surface area (Å²) in [5.74, 6) is -1.33. The number of anilines is 1. The lowest BCUT2D eigenvalue weighted by atomic mass is 10.1. The number of carbonyl (C=O) groups excluding carboxylic acids is 1. The second-order valence-electron chi connectivity index (χ2n) is 5.02. The summed E-state index contributed by atoms with van der Waals surface area (Å²) in [6.45, 7) is -0.286. The lowest BCUT2D eigenvalue weighted by Crippen LogP contribution is -2.28. The summed E-state index contributed by atoms with van der Waals surface area (Å²) in [7, 11) is 0.914. The number of alkyl halides is 3. The molecule has 0 saturated carbocycles. The number of aromatic nitrogens is 2. The highest BCUT2D eigenvalue weighted by atomic mass is 19.4. The highest BCUT2D eigenvalue weighted by Crippen LogP contribution is 2.34. The van der Waals surface area contributed by atoms with E-state index < -0.39 is 34.8 Å². The van der Waals surface area contributed by atoms with Gasteiger partial charge >= 0.3 is 6.18 Å². The molecule has 1 N–H and O–H groups in total. The van der Waals surface area contributed by atoms with Crippen molar-refractivity contribution in [3.63, 3.8) is 0 Å². The van der Waals surface area contributed by atoms with E-state index in [0.717, 1.165) is 19.2 Å². The van der Waals surface area contributed by atoms with Crippen LogP contribution in [0.4, 0.5) is 23.2 Å². The first-order chi connectivity index (χ1) is 11.2. The molecule has 0 fully saturated rings. The minimum atomic E-state index is -4.77. The largest absolute Gasteiger partial charge is 0.481 e. The summed E-state index contributed by atoms with van der Waals surface area (Å²) in [5.41, 5.74) is -3.12. The number of rotatable bonds is 1. The van der Waals surface area contributed by atoms with Gasteiger partial charge in [0.15, 0.2) is 6.61 Å². The first-order valence-electron chi connectivity index (χ1n) is 6.58. The Labute approximate surface area is 131 Å². The summed E-state index contributed by atoms with van der Waals surface area (Å²) in [6, 6.07) is 2.03. The lowest BCUT2D eigenvalue weighted by molar-refractivity contribution is -0.144. The Morgan fingerprint density at radius 3 is 2.67 bits per heavy atom. The van der Waals surface area contributed by atoms with Gasteiger partial charge in [-0.15, -0.1) is 0 Å². The molecule has 0 unspecified atom stereocenters. The molecule has 126 valence electrons. The first kappa shape index (κ1) is 16.0. The monoisotopic (exact) mass is 343 g/mol. The van der Waals surface area contributed by atoms with E-state index in [9.17, 15) is 27.2 Å². The molecule has 1 aliphatic heterocycles. The highest BCUT2D eigenvalue weighted by Gasteiger charge is 2.35. The van der Waals surface area contributed by atoms with E-state index in [-0.39, 0.29) is 23.6 Å². The molecule has 6 nitrogen and oxygen atoms in total. The van der Waals surface area contributed by atoms with Crippen LogP contribution in [-0.2, 0) is 18.0 Å². The minimum absolute atomic E-state index is 0.0552. The molecule has 0 atom stereocenters. The number of nitrogens with zero attached hydrogens (tertiary/aromatic N) is 2. The van der Waals surface area contributed by atoms with Crippen molar-refractivity contribution < 1.29 is 27.1 Å². The van der Waals surface area contributed by atoms with Crippen LogP contribution in [-0.4, -0.2) is 22.1 Å².